The molecule has 2 aromatic carbocycles. The number of benzene rings is 2. The van der Waals surface area contributed by atoms with Crippen molar-refractivity contribution in [1.82, 2.24) is 0 Å². The molecule has 2 aromatic rings. The van der Waals surface area contributed by atoms with Crippen molar-refractivity contribution >= 4 is 46.2 Å². The minimum atomic E-state index is -0.606. The van der Waals surface area contributed by atoms with Crippen LogP contribution in [0.15, 0.2) is 36.4 Å². The third-order valence-corrected chi connectivity index (χ3v) is 3.20. The number of nitro groups is 1. The second kappa shape index (κ2) is 5.99. The summed E-state index contributed by atoms with van der Waals surface area (Å²) in [6.45, 7) is 0. The van der Waals surface area contributed by atoms with Gasteiger partial charge < -0.3 is 11.1 Å². The minimum absolute atomic E-state index is 0.0677. The summed E-state index contributed by atoms with van der Waals surface area (Å²) in [6.07, 6.45) is 0. The largest absolute Gasteiger partial charge is 0.398 e. The Morgan fingerprint density at radius 1 is 1.19 bits per heavy atom. The second-order valence-electron chi connectivity index (χ2n) is 4.11. The molecule has 0 unspecified atom stereocenters. The van der Waals surface area contributed by atoms with Gasteiger partial charge >= 0.3 is 0 Å². The number of carbonyl (C=O) groups excluding carboxylic acids is 1. The lowest BCUT2D eigenvalue weighted by Gasteiger charge is -2.08. The number of nitro benzene ring substituents is 1. The van der Waals surface area contributed by atoms with E-state index in [1.54, 1.807) is 0 Å². The molecule has 21 heavy (non-hydrogen) atoms. The van der Waals surface area contributed by atoms with Crippen molar-refractivity contribution in [2.24, 2.45) is 0 Å². The molecular formula is C13H9Cl2N3O3. The van der Waals surface area contributed by atoms with E-state index in [1.807, 2.05) is 0 Å². The van der Waals surface area contributed by atoms with E-state index < -0.39 is 10.8 Å². The van der Waals surface area contributed by atoms with Crippen molar-refractivity contribution in [2.75, 3.05) is 11.1 Å². The molecule has 0 spiro atoms. The van der Waals surface area contributed by atoms with Crippen molar-refractivity contribution in [3.05, 3.63) is 62.1 Å². The number of amides is 1. The average Bonchev–Trinajstić information content (AvgIpc) is 2.37. The van der Waals surface area contributed by atoms with Crippen LogP contribution in [0.3, 0.4) is 0 Å². The number of nitrogens with two attached hydrogens (primary N) is 1. The zero-order valence-electron chi connectivity index (χ0n) is 10.5. The lowest BCUT2D eigenvalue weighted by atomic mass is 10.1. The summed E-state index contributed by atoms with van der Waals surface area (Å²) in [5, 5.41) is 13.6. The number of nitrogen functional groups attached to an aromatic ring is 1. The molecule has 0 saturated heterocycles. The van der Waals surface area contributed by atoms with E-state index in [1.165, 1.54) is 36.4 Å². The predicted octanol–water partition coefficient (Wildman–Crippen LogP) is 3.74. The van der Waals surface area contributed by atoms with Gasteiger partial charge in [-0.3, -0.25) is 14.9 Å². The van der Waals surface area contributed by atoms with Crippen LogP contribution in [0.4, 0.5) is 17.1 Å². The molecule has 108 valence electrons. The quantitative estimate of drug-likeness (QED) is 0.510. The summed E-state index contributed by atoms with van der Waals surface area (Å²) in [7, 11) is 0. The maximum atomic E-state index is 12.1. The highest BCUT2D eigenvalue weighted by molar-refractivity contribution is 6.33. The highest BCUT2D eigenvalue weighted by atomic mass is 35.5. The molecule has 6 nitrogen and oxygen atoms in total. The number of nitrogens with one attached hydrogen (secondary N) is 1. The van der Waals surface area contributed by atoms with E-state index in [-0.39, 0.29) is 22.0 Å². The Labute approximate surface area is 129 Å². The SMILES string of the molecule is Nc1cc(Cl)ccc1C(=O)Nc1ccc([N+](=O)[O-])c(Cl)c1. The van der Waals surface area contributed by atoms with Crippen molar-refractivity contribution in [3.8, 4) is 0 Å². The van der Waals surface area contributed by atoms with Crippen molar-refractivity contribution < 1.29 is 9.72 Å². The first-order chi connectivity index (χ1) is 9.88. The molecule has 0 aliphatic carbocycles. The molecule has 8 heteroatoms. The number of carbonyl (C=O) groups is 1. The highest BCUT2D eigenvalue weighted by Crippen LogP contribution is 2.28. The minimum Gasteiger partial charge on any atom is -0.398 e. The van der Waals surface area contributed by atoms with Crippen LogP contribution < -0.4 is 11.1 Å². The number of halogens is 2. The number of anilines is 2. The standard InChI is InChI=1S/C13H9Cl2N3O3/c14-7-1-3-9(11(16)5-7)13(19)17-8-2-4-12(18(20)21)10(15)6-8/h1-6H,16H2,(H,17,19). The van der Waals surface area contributed by atoms with Crippen molar-refractivity contribution in [3.63, 3.8) is 0 Å². The first-order valence-corrected chi connectivity index (χ1v) is 6.44. The van der Waals surface area contributed by atoms with E-state index >= 15 is 0 Å². The van der Waals surface area contributed by atoms with E-state index in [9.17, 15) is 14.9 Å². The van der Waals surface area contributed by atoms with Crippen molar-refractivity contribution in [1.29, 1.82) is 0 Å². The Morgan fingerprint density at radius 2 is 1.90 bits per heavy atom. The maximum absolute atomic E-state index is 12.1. The molecule has 3 N–H and O–H groups in total. The molecule has 0 aliphatic rings. The van der Waals surface area contributed by atoms with E-state index in [4.69, 9.17) is 28.9 Å². The normalized spacial score (nSPS) is 10.2. The van der Waals surface area contributed by atoms with E-state index in [0.717, 1.165) is 0 Å². The first kappa shape index (κ1) is 15.1. The van der Waals surface area contributed by atoms with Gasteiger partial charge in [0.25, 0.3) is 11.6 Å². The first-order valence-electron chi connectivity index (χ1n) is 5.69. The van der Waals surface area contributed by atoms with Crippen LogP contribution in [-0.2, 0) is 0 Å². The van der Waals surface area contributed by atoms with Crippen LogP contribution in [0, 0.1) is 10.1 Å². The number of hydrogen-bond donors (Lipinski definition) is 2. The topological polar surface area (TPSA) is 98.3 Å². The molecule has 0 bridgehead atoms. The van der Waals surface area contributed by atoms with Gasteiger partial charge in [-0.2, -0.15) is 0 Å². The maximum Gasteiger partial charge on any atom is 0.288 e. The van der Waals surface area contributed by atoms with Crippen LogP contribution in [0.1, 0.15) is 10.4 Å². The van der Waals surface area contributed by atoms with E-state index in [2.05, 4.69) is 5.32 Å². The molecule has 0 fully saturated rings. The number of nitrogens with zero attached hydrogens (tertiary/aromatic N) is 1. The van der Waals surface area contributed by atoms with Gasteiger partial charge in [-0.05, 0) is 30.3 Å². The molecule has 0 heterocycles. The summed E-state index contributed by atoms with van der Waals surface area (Å²) >= 11 is 11.5. The molecule has 0 atom stereocenters. The van der Waals surface area contributed by atoms with Crippen LogP contribution in [0.5, 0.6) is 0 Å². The zero-order valence-corrected chi connectivity index (χ0v) is 12.0. The Bertz CT molecular complexity index is 735. The highest BCUT2D eigenvalue weighted by Gasteiger charge is 2.15. The summed E-state index contributed by atoms with van der Waals surface area (Å²) in [5.74, 6) is -0.464. The van der Waals surface area contributed by atoms with Gasteiger partial charge in [0.2, 0.25) is 0 Å². The fourth-order valence-corrected chi connectivity index (χ4v) is 2.10. The van der Waals surface area contributed by atoms with Gasteiger partial charge in [0.05, 0.1) is 10.5 Å². The molecule has 1 amide bonds. The molecule has 0 aromatic heterocycles. The van der Waals surface area contributed by atoms with E-state index in [0.29, 0.717) is 10.7 Å². The number of rotatable bonds is 3. The number of hydrogen-bond acceptors (Lipinski definition) is 4. The van der Waals surface area contributed by atoms with Crippen LogP contribution in [-0.4, -0.2) is 10.8 Å². The Balaban J connectivity index is 2.23. The Hall–Kier alpha value is -2.31. The van der Waals surface area contributed by atoms with Gasteiger partial charge in [0, 0.05) is 22.5 Å². The van der Waals surface area contributed by atoms with Gasteiger partial charge in [-0.25, -0.2) is 0 Å². The van der Waals surface area contributed by atoms with Crippen LogP contribution >= 0.6 is 23.2 Å². The molecular weight excluding hydrogens is 317 g/mol. The summed E-state index contributed by atoms with van der Waals surface area (Å²) in [6, 6.07) is 8.37. The van der Waals surface area contributed by atoms with Crippen molar-refractivity contribution in [2.45, 2.75) is 0 Å². The van der Waals surface area contributed by atoms with Crippen LogP contribution in [0.25, 0.3) is 0 Å². The monoisotopic (exact) mass is 325 g/mol. The summed E-state index contributed by atoms with van der Waals surface area (Å²) in [5.41, 5.74) is 6.27. The van der Waals surface area contributed by atoms with Gasteiger partial charge in [0.1, 0.15) is 5.02 Å². The Kier molecular flexibility index (Phi) is 4.30. The Morgan fingerprint density at radius 3 is 2.48 bits per heavy atom. The zero-order chi connectivity index (χ0) is 15.6. The average molecular weight is 326 g/mol. The van der Waals surface area contributed by atoms with Crippen LogP contribution in [0.2, 0.25) is 10.0 Å². The van der Waals surface area contributed by atoms with Gasteiger partial charge in [0.15, 0.2) is 0 Å². The lowest BCUT2D eigenvalue weighted by molar-refractivity contribution is -0.384. The summed E-state index contributed by atoms with van der Waals surface area (Å²) in [4.78, 5) is 22.1. The second-order valence-corrected chi connectivity index (χ2v) is 4.95. The fourth-order valence-electron chi connectivity index (χ4n) is 1.67. The fraction of sp³-hybridized carbons (Fsp3) is 0. The third-order valence-electron chi connectivity index (χ3n) is 2.66. The lowest BCUT2D eigenvalue weighted by Crippen LogP contribution is -2.14. The third kappa shape index (κ3) is 3.42. The summed E-state index contributed by atoms with van der Waals surface area (Å²) < 4.78 is 0. The molecule has 0 radical (unpaired) electrons. The predicted molar refractivity (Wildman–Crippen MR) is 81.9 cm³/mol. The molecule has 0 saturated carbocycles. The van der Waals surface area contributed by atoms with Gasteiger partial charge in [-0.1, -0.05) is 23.2 Å². The van der Waals surface area contributed by atoms with Gasteiger partial charge in [-0.15, -0.1) is 0 Å². The smallest absolute Gasteiger partial charge is 0.288 e. The molecule has 0 aliphatic heterocycles. The molecule has 2 rings (SSSR count).